The van der Waals surface area contributed by atoms with Gasteiger partial charge in [-0.1, -0.05) is 97.9 Å². The van der Waals surface area contributed by atoms with E-state index in [1.54, 1.807) is 41.6 Å². The first-order chi connectivity index (χ1) is 28.3. The quantitative estimate of drug-likeness (QED) is 0.0344. The number of terminal acetylenes is 1. The van der Waals surface area contributed by atoms with Crippen LogP contribution in [0.4, 0.5) is 4.79 Å². The Morgan fingerprint density at radius 2 is 1.55 bits per heavy atom. The monoisotopic (exact) mass is 786 g/mol. The molecule has 5 N–H and O–H groups in total. The number of hydrogen-bond donors (Lipinski definition) is 5. The van der Waals surface area contributed by atoms with Gasteiger partial charge in [0.2, 0.25) is 11.8 Å². The fourth-order valence-electron chi connectivity index (χ4n) is 4.99. The Labute approximate surface area is 341 Å². The number of amides is 4. The molecular formula is C45H54N8O5. The minimum absolute atomic E-state index is 0.0632. The highest BCUT2D eigenvalue weighted by molar-refractivity contribution is 6.06. The zero-order valence-corrected chi connectivity index (χ0v) is 33.4. The zero-order chi connectivity index (χ0) is 42.4. The maximum absolute atomic E-state index is 13.3. The second-order valence-corrected chi connectivity index (χ2v) is 11.9. The van der Waals surface area contributed by atoms with Gasteiger partial charge in [0.15, 0.2) is 0 Å². The molecule has 5 rings (SSSR count). The normalized spacial score (nSPS) is 10.1. The lowest BCUT2D eigenvalue weighted by atomic mass is 10.1. The van der Waals surface area contributed by atoms with Crippen LogP contribution in [0.3, 0.4) is 0 Å². The van der Waals surface area contributed by atoms with Crippen molar-refractivity contribution in [1.82, 2.24) is 36.1 Å². The van der Waals surface area contributed by atoms with Crippen LogP contribution in [-0.2, 0) is 27.5 Å². The summed E-state index contributed by atoms with van der Waals surface area (Å²) >= 11 is 0. The minimum Gasteiger partial charge on any atom is -0.508 e. The molecule has 58 heavy (non-hydrogen) atoms. The standard InChI is InChI=1S/C34H38N8O4.C7H8O.C2H6.C2H2/c1-2-29(31-14-6-7-16-37-31)41-46-21-19-35-23-32(43)38-18-20-42(25-27-12-8-15-30-28(27)13-9-17-36-30)33(44)24-40-34(45)39-22-26-10-4-3-5-11-26;1-6-2-4-7(8)5-3-6;2*1-2/h2-17,35H,1,18-25H2,(H,38,43)(H2,39,40,45);2-5,8H,1H3;1-2H3;1-2H/b41-29+;;;. The summed E-state index contributed by atoms with van der Waals surface area (Å²) in [7, 11) is 0. The van der Waals surface area contributed by atoms with Gasteiger partial charge in [0, 0.05) is 50.5 Å². The van der Waals surface area contributed by atoms with Gasteiger partial charge in [-0.2, -0.15) is 0 Å². The highest BCUT2D eigenvalue weighted by Gasteiger charge is 2.17. The summed E-state index contributed by atoms with van der Waals surface area (Å²) in [5, 5.41) is 25.0. The van der Waals surface area contributed by atoms with Crippen LogP contribution in [0.5, 0.6) is 5.75 Å². The van der Waals surface area contributed by atoms with E-state index in [2.05, 4.69) is 55.8 Å². The number of pyridine rings is 2. The van der Waals surface area contributed by atoms with Crippen LogP contribution < -0.4 is 21.3 Å². The SMILES string of the molecule is C#C.C=C/C(=N\OCCNCC(=O)NCCN(Cc1cccc2ncccc12)C(=O)CNC(=O)NCc1ccccc1)c1ccccn1.CC.Cc1ccc(O)cc1. The van der Waals surface area contributed by atoms with Gasteiger partial charge >= 0.3 is 6.03 Å². The lowest BCUT2D eigenvalue weighted by Crippen LogP contribution is -2.46. The molecule has 3 aromatic carbocycles. The van der Waals surface area contributed by atoms with Crippen molar-refractivity contribution < 1.29 is 24.3 Å². The number of phenols is 1. The number of oxime groups is 1. The summed E-state index contributed by atoms with van der Waals surface area (Å²) in [5.41, 5.74) is 5.01. The summed E-state index contributed by atoms with van der Waals surface area (Å²) in [6.45, 7) is 11.3. The Hall–Kier alpha value is -7.04. The predicted octanol–water partition coefficient (Wildman–Crippen LogP) is 5.75. The number of aromatic nitrogens is 2. The topological polar surface area (TPSA) is 170 Å². The molecule has 0 aliphatic heterocycles. The fraction of sp³-hybridized carbons (Fsp3) is 0.244. The maximum atomic E-state index is 13.3. The number of rotatable bonds is 17. The highest BCUT2D eigenvalue weighted by atomic mass is 16.6. The van der Waals surface area contributed by atoms with Crippen LogP contribution in [0, 0.1) is 19.8 Å². The van der Waals surface area contributed by atoms with E-state index in [1.807, 2.05) is 106 Å². The summed E-state index contributed by atoms with van der Waals surface area (Å²) < 4.78 is 0. The van der Waals surface area contributed by atoms with Crippen molar-refractivity contribution in [3.8, 4) is 18.6 Å². The van der Waals surface area contributed by atoms with Gasteiger partial charge < -0.3 is 36.1 Å². The Balaban J connectivity index is 0.000000842. The van der Waals surface area contributed by atoms with E-state index in [1.165, 1.54) is 5.56 Å². The third kappa shape index (κ3) is 18.1. The molecule has 0 fully saturated rings. The molecule has 0 aliphatic carbocycles. The van der Waals surface area contributed by atoms with Crippen molar-refractivity contribution in [1.29, 1.82) is 0 Å². The predicted molar refractivity (Wildman–Crippen MR) is 231 cm³/mol. The van der Waals surface area contributed by atoms with Crippen molar-refractivity contribution >= 4 is 34.5 Å². The van der Waals surface area contributed by atoms with E-state index in [-0.39, 0.29) is 51.1 Å². The average molecular weight is 787 g/mol. The number of nitrogens with zero attached hydrogens (tertiary/aromatic N) is 4. The summed E-state index contributed by atoms with van der Waals surface area (Å²) in [4.78, 5) is 53.7. The van der Waals surface area contributed by atoms with Gasteiger partial charge in [-0.25, -0.2) is 4.79 Å². The molecule has 304 valence electrons. The van der Waals surface area contributed by atoms with Gasteiger partial charge in [0.25, 0.3) is 0 Å². The van der Waals surface area contributed by atoms with E-state index >= 15 is 0 Å². The van der Waals surface area contributed by atoms with E-state index in [0.717, 1.165) is 22.0 Å². The largest absolute Gasteiger partial charge is 0.508 e. The van der Waals surface area contributed by atoms with Gasteiger partial charge in [-0.05, 0) is 60.5 Å². The lowest BCUT2D eigenvalue weighted by Gasteiger charge is -2.24. The summed E-state index contributed by atoms with van der Waals surface area (Å²) in [6, 6.07) is 31.1. The van der Waals surface area contributed by atoms with Crippen LogP contribution in [0.25, 0.3) is 10.9 Å². The van der Waals surface area contributed by atoms with Crippen molar-refractivity contribution in [2.45, 2.75) is 33.9 Å². The van der Waals surface area contributed by atoms with Gasteiger partial charge in [-0.15, -0.1) is 12.8 Å². The van der Waals surface area contributed by atoms with Crippen LogP contribution >= 0.6 is 0 Å². The molecule has 0 saturated heterocycles. The first kappa shape index (κ1) is 47.1. The van der Waals surface area contributed by atoms with Crippen LogP contribution in [0.2, 0.25) is 0 Å². The Morgan fingerprint density at radius 1 is 0.828 bits per heavy atom. The molecule has 0 spiro atoms. The summed E-state index contributed by atoms with van der Waals surface area (Å²) in [6.07, 6.45) is 12.9. The van der Waals surface area contributed by atoms with Gasteiger partial charge in [0.1, 0.15) is 18.1 Å². The van der Waals surface area contributed by atoms with Crippen molar-refractivity contribution in [2.75, 3.05) is 39.3 Å². The number of aromatic hydroxyl groups is 1. The van der Waals surface area contributed by atoms with E-state index in [4.69, 9.17) is 9.94 Å². The fourth-order valence-corrected chi connectivity index (χ4v) is 4.99. The molecule has 0 bridgehead atoms. The number of nitrogens with one attached hydrogen (secondary N) is 4. The van der Waals surface area contributed by atoms with Crippen LogP contribution in [-0.4, -0.2) is 82.9 Å². The third-order valence-electron chi connectivity index (χ3n) is 7.82. The van der Waals surface area contributed by atoms with Crippen molar-refractivity contribution in [3.63, 3.8) is 0 Å². The third-order valence-corrected chi connectivity index (χ3v) is 7.82. The number of urea groups is 1. The average Bonchev–Trinajstić information content (AvgIpc) is 3.27. The van der Waals surface area contributed by atoms with Gasteiger partial charge in [0.05, 0.1) is 24.3 Å². The first-order valence-corrected chi connectivity index (χ1v) is 18.8. The molecule has 2 heterocycles. The Bertz CT molecular complexity index is 1980. The van der Waals surface area contributed by atoms with Gasteiger partial charge in [-0.3, -0.25) is 19.6 Å². The number of allylic oxidation sites excluding steroid dienone is 1. The van der Waals surface area contributed by atoms with E-state index < -0.39 is 6.03 Å². The molecule has 0 atom stereocenters. The van der Waals surface area contributed by atoms with E-state index in [9.17, 15) is 14.4 Å². The summed E-state index contributed by atoms with van der Waals surface area (Å²) in [5.74, 6) is -0.190. The molecular weight excluding hydrogens is 733 g/mol. The molecule has 13 heteroatoms. The highest BCUT2D eigenvalue weighted by Crippen LogP contribution is 2.18. The Morgan fingerprint density at radius 3 is 2.24 bits per heavy atom. The molecule has 0 unspecified atom stereocenters. The Kier molecular flexibility index (Phi) is 23.1. The second-order valence-electron chi connectivity index (χ2n) is 11.9. The molecule has 0 aliphatic rings. The molecule has 5 aromatic rings. The maximum Gasteiger partial charge on any atom is 0.315 e. The lowest BCUT2D eigenvalue weighted by molar-refractivity contribution is -0.131. The minimum atomic E-state index is -0.446. The molecule has 0 saturated carbocycles. The van der Waals surface area contributed by atoms with E-state index in [0.29, 0.717) is 30.2 Å². The number of carbonyl (C=O) groups excluding carboxylic acids is 3. The number of benzene rings is 3. The number of carbonyl (C=O) groups is 3. The second kappa shape index (κ2) is 28.4. The number of aryl methyl sites for hydroxylation is 1. The number of fused-ring (bicyclic) bond motifs is 1. The molecule has 13 nitrogen and oxygen atoms in total. The number of hydrogen-bond acceptors (Lipinski definition) is 9. The molecule has 0 radical (unpaired) electrons. The molecule has 2 aromatic heterocycles. The molecule has 4 amide bonds. The number of phenolic OH excluding ortho intramolecular Hbond substituents is 1. The van der Waals surface area contributed by atoms with Crippen LogP contribution in [0.15, 0.2) is 133 Å². The smallest absolute Gasteiger partial charge is 0.315 e. The van der Waals surface area contributed by atoms with Crippen molar-refractivity contribution in [3.05, 3.63) is 151 Å². The van der Waals surface area contributed by atoms with Crippen LogP contribution in [0.1, 0.15) is 36.2 Å². The van der Waals surface area contributed by atoms with Crippen molar-refractivity contribution in [2.24, 2.45) is 5.16 Å². The zero-order valence-electron chi connectivity index (χ0n) is 33.4. The first-order valence-electron chi connectivity index (χ1n) is 18.8.